The van der Waals surface area contributed by atoms with Gasteiger partial charge in [-0.1, -0.05) is 17.7 Å². The Bertz CT molecular complexity index is 630. The SMILES string of the molecule is C[C@@H](C#N)CN(C)S(=O)(=O)NC[C@H](C)Oc1cccc(Cl)c1. The molecule has 0 bridgehead atoms. The van der Waals surface area contributed by atoms with E-state index in [0.29, 0.717) is 10.8 Å². The average Bonchev–Trinajstić information content (AvgIpc) is 2.45. The van der Waals surface area contributed by atoms with E-state index in [0.717, 1.165) is 4.31 Å². The van der Waals surface area contributed by atoms with Gasteiger partial charge < -0.3 is 4.74 Å². The summed E-state index contributed by atoms with van der Waals surface area (Å²) in [5.74, 6) is 0.201. The first kappa shape index (κ1) is 18.7. The summed E-state index contributed by atoms with van der Waals surface area (Å²) in [6, 6.07) is 8.89. The van der Waals surface area contributed by atoms with Crippen molar-refractivity contribution in [1.29, 1.82) is 5.26 Å². The van der Waals surface area contributed by atoms with Gasteiger partial charge in [-0.25, -0.2) is 0 Å². The molecule has 0 aliphatic rings. The lowest BCUT2D eigenvalue weighted by atomic mass is 10.2. The molecule has 0 heterocycles. The van der Waals surface area contributed by atoms with Gasteiger partial charge in [-0.05, 0) is 32.0 Å². The highest BCUT2D eigenvalue weighted by Crippen LogP contribution is 2.18. The largest absolute Gasteiger partial charge is 0.489 e. The molecule has 1 aromatic carbocycles. The molecular formula is C14H20ClN3O3S. The number of nitrogens with one attached hydrogen (secondary N) is 1. The van der Waals surface area contributed by atoms with Crippen LogP contribution in [0.25, 0.3) is 0 Å². The van der Waals surface area contributed by atoms with E-state index in [-0.39, 0.29) is 25.1 Å². The molecule has 0 saturated heterocycles. The van der Waals surface area contributed by atoms with Crippen molar-refractivity contribution in [1.82, 2.24) is 9.03 Å². The Labute approximate surface area is 136 Å². The minimum Gasteiger partial charge on any atom is -0.489 e. The molecule has 2 atom stereocenters. The summed E-state index contributed by atoms with van der Waals surface area (Å²) in [7, 11) is -2.21. The van der Waals surface area contributed by atoms with Crippen molar-refractivity contribution in [2.24, 2.45) is 5.92 Å². The number of benzene rings is 1. The minimum absolute atomic E-state index is 0.111. The van der Waals surface area contributed by atoms with Crippen LogP contribution in [0.2, 0.25) is 5.02 Å². The van der Waals surface area contributed by atoms with Crippen LogP contribution in [0.3, 0.4) is 0 Å². The van der Waals surface area contributed by atoms with Gasteiger partial charge in [-0.2, -0.15) is 22.7 Å². The van der Waals surface area contributed by atoms with Crippen LogP contribution in [0, 0.1) is 17.2 Å². The van der Waals surface area contributed by atoms with Crippen molar-refractivity contribution in [3.63, 3.8) is 0 Å². The molecule has 6 nitrogen and oxygen atoms in total. The van der Waals surface area contributed by atoms with Crippen LogP contribution in [0.15, 0.2) is 24.3 Å². The molecule has 0 amide bonds. The number of hydrogen-bond acceptors (Lipinski definition) is 4. The standard InChI is InChI=1S/C14H20ClN3O3S/c1-11(8-16)10-18(3)22(19,20)17-9-12(2)21-14-6-4-5-13(15)7-14/h4-7,11-12,17H,9-10H2,1-3H3/t11-,12-/m0/s1. The molecule has 0 saturated carbocycles. The van der Waals surface area contributed by atoms with Gasteiger partial charge >= 0.3 is 0 Å². The average molecular weight is 346 g/mol. The molecule has 22 heavy (non-hydrogen) atoms. The number of ether oxygens (including phenoxy) is 1. The normalized spacial score (nSPS) is 14.4. The number of hydrogen-bond donors (Lipinski definition) is 1. The van der Waals surface area contributed by atoms with Crippen LogP contribution in [-0.2, 0) is 10.2 Å². The fourth-order valence-corrected chi connectivity index (χ4v) is 2.94. The molecule has 1 rings (SSSR count). The summed E-state index contributed by atoms with van der Waals surface area (Å²) in [5, 5.41) is 9.28. The van der Waals surface area contributed by atoms with Gasteiger partial charge in [0.25, 0.3) is 10.2 Å². The summed E-state index contributed by atoms with van der Waals surface area (Å²) < 4.78 is 33.2. The van der Waals surface area contributed by atoms with Crippen molar-refractivity contribution in [3.05, 3.63) is 29.3 Å². The fourth-order valence-electron chi connectivity index (χ4n) is 1.67. The predicted molar refractivity (Wildman–Crippen MR) is 85.9 cm³/mol. The second kappa shape index (κ2) is 8.34. The van der Waals surface area contributed by atoms with E-state index in [1.54, 1.807) is 38.1 Å². The molecule has 0 fully saturated rings. The zero-order chi connectivity index (χ0) is 16.8. The molecule has 0 radical (unpaired) electrons. The monoisotopic (exact) mass is 345 g/mol. The quantitative estimate of drug-likeness (QED) is 0.781. The molecule has 1 aromatic rings. The Morgan fingerprint density at radius 3 is 2.73 bits per heavy atom. The molecule has 0 aliphatic heterocycles. The zero-order valence-electron chi connectivity index (χ0n) is 12.8. The van der Waals surface area contributed by atoms with E-state index in [1.165, 1.54) is 7.05 Å². The molecule has 0 aromatic heterocycles. The third kappa shape index (κ3) is 6.20. The minimum atomic E-state index is -3.63. The summed E-state index contributed by atoms with van der Waals surface area (Å²) in [6.45, 7) is 3.66. The molecule has 0 spiro atoms. The highest BCUT2D eigenvalue weighted by molar-refractivity contribution is 7.87. The third-order valence-electron chi connectivity index (χ3n) is 2.85. The van der Waals surface area contributed by atoms with E-state index in [9.17, 15) is 8.42 Å². The van der Waals surface area contributed by atoms with Gasteiger partial charge in [-0.15, -0.1) is 0 Å². The maximum Gasteiger partial charge on any atom is 0.279 e. The maximum absolute atomic E-state index is 12.0. The fraction of sp³-hybridized carbons (Fsp3) is 0.500. The van der Waals surface area contributed by atoms with Crippen molar-refractivity contribution < 1.29 is 13.2 Å². The first-order chi connectivity index (χ1) is 10.2. The maximum atomic E-state index is 12.0. The number of nitrogens with zero attached hydrogens (tertiary/aromatic N) is 2. The summed E-state index contributed by atoms with van der Waals surface area (Å²) in [4.78, 5) is 0. The Balaban J connectivity index is 2.52. The summed E-state index contributed by atoms with van der Waals surface area (Å²) >= 11 is 5.86. The van der Waals surface area contributed by atoms with E-state index < -0.39 is 10.2 Å². The van der Waals surface area contributed by atoms with Gasteiger partial charge in [0, 0.05) is 25.2 Å². The van der Waals surface area contributed by atoms with Gasteiger partial charge in [0.2, 0.25) is 0 Å². The lowest BCUT2D eigenvalue weighted by Gasteiger charge is -2.21. The highest BCUT2D eigenvalue weighted by atomic mass is 35.5. The molecular weight excluding hydrogens is 326 g/mol. The highest BCUT2D eigenvalue weighted by Gasteiger charge is 2.20. The van der Waals surface area contributed by atoms with Crippen molar-refractivity contribution in [3.8, 4) is 11.8 Å². The van der Waals surface area contributed by atoms with Crippen molar-refractivity contribution >= 4 is 21.8 Å². The Hall–Kier alpha value is -1.33. The van der Waals surface area contributed by atoms with Gasteiger partial charge in [0.1, 0.15) is 11.9 Å². The predicted octanol–water partition coefficient (Wildman–Crippen LogP) is 2.03. The molecule has 8 heteroatoms. The van der Waals surface area contributed by atoms with Crippen LogP contribution in [0.4, 0.5) is 0 Å². The first-order valence-corrected chi connectivity index (χ1v) is 8.59. The van der Waals surface area contributed by atoms with Crippen LogP contribution in [0.1, 0.15) is 13.8 Å². The summed E-state index contributed by atoms with van der Waals surface area (Å²) in [6.07, 6.45) is -0.366. The van der Waals surface area contributed by atoms with E-state index in [2.05, 4.69) is 4.72 Å². The van der Waals surface area contributed by atoms with Crippen LogP contribution in [0.5, 0.6) is 5.75 Å². The smallest absolute Gasteiger partial charge is 0.279 e. The summed E-state index contributed by atoms with van der Waals surface area (Å²) in [5.41, 5.74) is 0. The van der Waals surface area contributed by atoms with Crippen LogP contribution >= 0.6 is 11.6 Å². The Morgan fingerprint density at radius 1 is 1.45 bits per heavy atom. The van der Waals surface area contributed by atoms with Gasteiger partial charge in [0.15, 0.2) is 0 Å². The van der Waals surface area contributed by atoms with Crippen molar-refractivity contribution in [2.45, 2.75) is 20.0 Å². The second-order valence-electron chi connectivity index (χ2n) is 5.05. The first-order valence-electron chi connectivity index (χ1n) is 6.77. The van der Waals surface area contributed by atoms with E-state index in [4.69, 9.17) is 21.6 Å². The molecule has 0 unspecified atom stereocenters. The Kier molecular flexibility index (Phi) is 7.10. The van der Waals surface area contributed by atoms with E-state index in [1.807, 2.05) is 6.07 Å². The number of halogens is 1. The lowest BCUT2D eigenvalue weighted by molar-refractivity contribution is 0.224. The van der Waals surface area contributed by atoms with Crippen LogP contribution < -0.4 is 9.46 Å². The Morgan fingerprint density at radius 2 is 2.14 bits per heavy atom. The zero-order valence-corrected chi connectivity index (χ0v) is 14.4. The third-order valence-corrected chi connectivity index (χ3v) is 4.58. The lowest BCUT2D eigenvalue weighted by Crippen LogP contribution is -2.43. The van der Waals surface area contributed by atoms with E-state index >= 15 is 0 Å². The molecule has 0 aliphatic carbocycles. The molecule has 1 N–H and O–H groups in total. The van der Waals surface area contributed by atoms with Crippen molar-refractivity contribution in [2.75, 3.05) is 20.1 Å². The number of nitriles is 1. The van der Waals surface area contributed by atoms with Gasteiger partial charge in [-0.3, -0.25) is 0 Å². The second-order valence-corrected chi connectivity index (χ2v) is 7.35. The topological polar surface area (TPSA) is 82.4 Å². The number of rotatable bonds is 8. The van der Waals surface area contributed by atoms with Crippen LogP contribution in [-0.4, -0.2) is 39.0 Å². The van der Waals surface area contributed by atoms with Gasteiger partial charge in [0.05, 0.1) is 12.0 Å². The molecule has 122 valence electrons.